The molecule has 6 nitrogen and oxygen atoms in total. The number of rotatable bonds is 7. The van der Waals surface area contributed by atoms with Crippen molar-refractivity contribution >= 4 is 15.9 Å². The SMILES string of the molecule is CNCCN(C)C(=O)C(C)NS(=O)(=O)c1ccccc1F. The Labute approximate surface area is 124 Å². The van der Waals surface area contributed by atoms with Gasteiger partial charge in [-0.15, -0.1) is 0 Å². The minimum Gasteiger partial charge on any atom is -0.343 e. The van der Waals surface area contributed by atoms with E-state index >= 15 is 0 Å². The van der Waals surface area contributed by atoms with Gasteiger partial charge in [0.15, 0.2) is 0 Å². The zero-order chi connectivity index (χ0) is 16.0. The van der Waals surface area contributed by atoms with Crippen LogP contribution in [0.2, 0.25) is 0 Å². The fourth-order valence-electron chi connectivity index (χ4n) is 1.73. The number of carbonyl (C=O) groups is 1. The largest absolute Gasteiger partial charge is 0.343 e. The van der Waals surface area contributed by atoms with Gasteiger partial charge in [-0.05, 0) is 26.1 Å². The maximum atomic E-state index is 13.5. The lowest BCUT2D eigenvalue weighted by Crippen LogP contribution is -2.46. The molecule has 2 N–H and O–H groups in total. The molecule has 118 valence electrons. The summed E-state index contributed by atoms with van der Waals surface area (Å²) in [6.45, 7) is 2.47. The normalized spacial score (nSPS) is 13.0. The number of hydrogen-bond acceptors (Lipinski definition) is 4. The lowest BCUT2D eigenvalue weighted by Gasteiger charge is -2.22. The Morgan fingerprint density at radius 3 is 2.57 bits per heavy atom. The Morgan fingerprint density at radius 1 is 1.38 bits per heavy atom. The Hall–Kier alpha value is -1.51. The lowest BCUT2D eigenvalue weighted by molar-refractivity contribution is -0.131. The van der Waals surface area contributed by atoms with Crippen LogP contribution in [0.3, 0.4) is 0 Å². The van der Waals surface area contributed by atoms with Gasteiger partial charge in [-0.1, -0.05) is 12.1 Å². The zero-order valence-corrected chi connectivity index (χ0v) is 13.1. The third-order valence-electron chi connectivity index (χ3n) is 2.90. The quantitative estimate of drug-likeness (QED) is 0.751. The highest BCUT2D eigenvalue weighted by molar-refractivity contribution is 7.89. The van der Waals surface area contributed by atoms with Crippen molar-refractivity contribution in [3.63, 3.8) is 0 Å². The molecule has 0 aromatic heterocycles. The van der Waals surface area contributed by atoms with Crippen molar-refractivity contribution in [3.8, 4) is 0 Å². The van der Waals surface area contributed by atoms with Crippen molar-refractivity contribution in [3.05, 3.63) is 30.1 Å². The van der Waals surface area contributed by atoms with E-state index in [0.29, 0.717) is 13.1 Å². The van der Waals surface area contributed by atoms with Gasteiger partial charge in [-0.2, -0.15) is 4.72 Å². The van der Waals surface area contributed by atoms with E-state index in [1.165, 1.54) is 24.0 Å². The van der Waals surface area contributed by atoms with Gasteiger partial charge in [0.05, 0.1) is 6.04 Å². The van der Waals surface area contributed by atoms with Crippen molar-refractivity contribution in [2.75, 3.05) is 27.2 Å². The molecule has 21 heavy (non-hydrogen) atoms. The van der Waals surface area contributed by atoms with Gasteiger partial charge in [0, 0.05) is 20.1 Å². The minimum absolute atomic E-state index is 0.384. The summed E-state index contributed by atoms with van der Waals surface area (Å²) < 4.78 is 39.9. The van der Waals surface area contributed by atoms with E-state index in [0.717, 1.165) is 12.1 Å². The number of benzene rings is 1. The molecule has 0 spiro atoms. The number of likely N-dealkylation sites (N-methyl/N-ethyl adjacent to an activating group) is 2. The summed E-state index contributed by atoms with van der Waals surface area (Å²) in [5, 5.41) is 2.89. The van der Waals surface area contributed by atoms with Gasteiger partial charge in [-0.25, -0.2) is 12.8 Å². The number of sulfonamides is 1. The molecular formula is C13H20FN3O3S. The maximum Gasteiger partial charge on any atom is 0.244 e. The highest BCUT2D eigenvalue weighted by atomic mass is 32.2. The summed E-state index contributed by atoms with van der Waals surface area (Å²) in [4.78, 5) is 13.0. The molecule has 0 aliphatic heterocycles. The van der Waals surface area contributed by atoms with Crippen LogP contribution in [-0.4, -0.2) is 52.5 Å². The van der Waals surface area contributed by atoms with Crippen LogP contribution < -0.4 is 10.0 Å². The second-order valence-corrected chi connectivity index (χ2v) is 6.32. The molecule has 0 bridgehead atoms. The molecule has 1 amide bonds. The summed E-state index contributed by atoms with van der Waals surface area (Å²) in [6.07, 6.45) is 0. The van der Waals surface area contributed by atoms with Crippen LogP contribution in [0, 0.1) is 5.82 Å². The van der Waals surface area contributed by atoms with Gasteiger partial charge < -0.3 is 10.2 Å². The molecule has 1 rings (SSSR count). The molecule has 0 aliphatic carbocycles. The minimum atomic E-state index is -4.08. The monoisotopic (exact) mass is 317 g/mol. The first kappa shape index (κ1) is 17.5. The number of carbonyl (C=O) groups excluding carboxylic acids is 1. The van der Waals surface area contributed by atoms with Crippen LogP contribution in [0.25, 0.3) is 0 Å². The molecule has 1 unspecified atom stereocenters. The topological polar surface area (TPSA) is 78.5 Å². The predicted octanol–water partition coefficient (Wildman–Crippen LogP) is 0.170. The van der Waals surface area contributed by atoms with Crippen molar-refractivity contribution in [2.24, 2.45) is 0 Å². The Kier molecular flexibility index (Phi) is 6.25. The van der Waals surface area contributed by atoms with Crippen molar-refractivity contribution < 1.29 is 17.6 Å². The molecule has 0 saturated heterocycles. The highest BCUT2D eigenvalue weighted by Gasteiger charge is 2.25. The molecule has 0 saturated carbocycles. The lowest BCUT2D eigenvalue weighted by atomic mass is 10.3. The molecule has 0 heterocycles. The Morgan fingerprint density at radius 2 is 2.00 bits per heavy atom. The van der Waals surface area contributed by atoms with Crippen LogP contribution in [0.5, 0.6) is 0 Å². The van der Waals surface area contributed by atoms with E-state index in [4.69, 9.17) is 0 Å². The van der Waals surface area contributed by atoms with Crippen LogP contribution in [0.15, 0.2) is 29.2 Å². The van der Waals surface area contributed by atoms with Gasteiger partial charge in [0.1, 0.15) is 10.7 Å². The summed E-state index contributed by atoms with van der Waals surface area (Å²) in [5.74, 6) is -1.24. The van der Waals surface area contributed by atoms with Crippen LogP contribution >= 0.6 is 0 Å². The number of amides is 1. The molecule has 0 fully saturated rings. The molecule has 1 aromatic carbocycles. The Balaban J connectivity index is 2.80. The molecule has 0 aliphatic rings. The maximum absolute atomic E-state index is 13.5. The average molecular weight is 317 g/mol. The predicted molar refractivity (Wildman–Crippen MR) is 77.7 cm³/mol. The van der Waals surface area contributed by atoms with Gasteiger partial charge in [0.2, 0.25) is 15.9 Å². The van der Waals surface area contributed by atoms with Gasteiger partial charge in [0.25, 0.3) is 0 Å². The Bertz CT molecular complexity index is 592. The third-order valence-corrected chi connectivity index (χ3v) is 4.48. The van der Waals surface area contributed by atoms with E-state index in [2.05, 4.69) is 10.0 Å². The number of hydrogen-bond donors (Lipinski definition) is 2. The number of nitrogens with zero attached hydrogens (tertiary/aromatic N) is 1. The van der Waals surface area contributed by atoms with Crippen molar-refractivity contribution in [1.82, 2.24) is 14.9 Å². The molecule has 1 atom stereocenters. The van der Waals surface area contributed by atoms with Crippen molar-refractivity contribution in [2.45, 2.75) is 17.9 Å². The second kappa shape index (κ2) is 7.48. The van der Waals surface area contributed by atoms with E-state index in [1.54, 1.807) is 14.1 Å². The third kappa shape index (κ3) is 4.76. The first-order valence-corrected chi connectivity index (χ1v) is 7.94. The number of nitrogens with one attached hydrogen (secondary N) is 2. The summed E-state index contributed by atoms with van der Waals surface area (Å²) >= 11 is 0. The smallest absolute Gasteiger partial charge is 0.244 e. The van der Waals surface area contributed by atoms with E-state index in [-0.39, 0.29) is 5.91 Å². The van der Waals surface area contributed by atoms with Crippen molar-refractivity contribution in [1.29, 1.82) is 0 Å². The molecule has 8 heteroatoms. The fraction of sp³-hybridized carbons (Fsp3) is 0.462. The summed E-state index contributed by atoms with van der Waals surface area (Å²) in [5.41, 5.74) is 0. The molecular weight excluding hydrogens is 297 g/mol. The first-order chi connectivity index (χ1) is 9.79. The van der Waals surface area contributed by atoms with E-state index in [1.807, 2.05) is 0 Å². The van der Waals surface area contributed by atoms with E-state index < -0.39 is 26.8 Å². The average Bonchev–Trinajstić information content (AvgIpc) is 2.43. The van der Waals surface area contributed by atoms with Gasteiger partial charge >= 0.3 is 0 Å². The standard InChI is InChI=1S/C13H20FN3O3S/c1-10(13(18)17(3)9-8-15-2)16-21(19,20)12-7-5-4-6-11(12)14/h4-7,10,15-16H,8-9H2,1-3H3. The van der Waals surface area contributed by atoms with E-state index in [9.17, 15) is 17.6 Å². The molecule has 1 aromatic rings. The first-order valence-electron chi connectivity index (χ1n) is 6.46. The fourth-order valence-corrected chi connectivity index (χ4v) is 3.01. The summed E-state index contributed by atoms with van der Waals surface area (Å²) in [7, 11) is -0.748. The zero-order valence-electron chi connectivity index (χ0n) is 12.3. The van der Waals surface area contributed by atoms with Crippen LogP contribution in [0.1, 0.15) is 6.92 Å². The van der Waals surface area contributed by atoms with Crippen LogP contribution in [-0.2, 0) is 14.8 Å². The van der Waals surface area contributed by atoms with Gasteiger partial charge in [-0.3, -0.25) is 4.79 Å². The summed E-state index contributed by atoms with van der Waals surface area (Å²) in [6, 6.07) is 4.05. The highest BCUT2D eigenvalue weighted by Crippen LogP contribution is 2.13. The second-order valence-electron chi connectivity index (χ2n) is 4.64. The van der Waals surface area contributed by atoms with Crippen LogP contribution in [0.4, 0.5) is 4.39 Å². The molecule has 0 radical (unpaired) electrons. The number of halogens is 1.